The van der Waals surface area contributed by atoms with E-state index in [0.717, 1.165) is 63.4 Å². The molecule has 0 amide bonds. The summed E-state index contributed by atoms with van der Waals surface area (Å²) in [5, 5.41) is 0. The molecule has 2 atom stereocenters. The molecule has 0 saturated heterocycles. The van der Waals surface area contributed by atoms with Crippen LogP contribution in [0.25, 0.3) is 0 Å². The molecule has 164 valence electrons. The number of benzene rings is 1. The molecular formula is C27H35F3. The summed E-state index contributed by atoms with van der Waals surface area (Å²) in [5.74, 6) is 1.11. The summed E-state index contributed by atoms with van der Waals surface area (Å²) in [7, 11) is 0. The smallest absolute Gasteiger partial charge is 0.157 e. The lowest BCUT2D eigenvalue weighted by Crippen LogP contribution is -2.29. The second-order valence-corrected chi connectivity index (χ2v) is 9.81. The number of aryl methyl sites for hydroxylation is 1. The van der Waals surface area contributed by atoms with Crippen molar-refractivity contribution in [3.8, 4) is 0 Å². The zero-order valence-electron chi connectivity index (χ0n) is 18.2. The van der Waals surface area contributed by atoms with Crippen LogP contribution in [0, 0.1) is 24.6 Å². The maximum atomic E-state index is 14.8. The van der Waals surface area contributed by atoms with Gasteiger partial charge in [0.2, 0.25) is 0 Å². The van der Waals surface area contributed by atoms with Crippen LogP contribution in [0.15, 0.2) is 41.5 Å². The molecule has 2 saturated carbocycles. The third-order valence-electron chi connectivity index (χ3n) is 7.85. The van der Waals surface area contributed by atoms with Crippen LogP contribution in [0.5, 0.6) is 0 Å². The monoisotopic (exact) mass is 416 g/mol. The van der Waals surface area contributed by atoms with Gasteiger partial charge in [-0.15, -0.1) is 0 Å². The number of hydrogen-bond acceptors (Lipinski definition) is 0. The van der Waals surface area contributed by atoms with Gasteiger partial charge < -0.3 is 0 Å². The Bertz CT molecular complexity index is 779. The Hall–Kier alpha value is -1.51. The molecule has 1 aromatic carbocycles. The first-order valence-corrected chi connectivity index (χ1v) is 12.0. The van der Waals surface area contributed by atoms with Crippen LogP contribution < -0.4 is 0 Å². The highest BCUT2D eigenvalue weighted by molar-refractivity contribution is 5.33. The Morgan fingerprint density at radius 3 is 2.27 bits per heavy atom. The van der Waals surface area contributed by atoms with E-state index in [1.807, 2.05) is 18.2 Å². The number of rotatable bonds is 5. The Kier molecular flexibility index (Phi) is 7.05. The molecule has 0 nitrogen and oxygen atoms in total. The fraction of sp³-hybridized carbons (Fsp3) is 0.630. The summed E-state index contributed by atoms with van der Waals surface area (Å²) >= 11 is 0. The van der Waals surface area contributed by atoms with E-state index in [9.17, 15) is 13.2 Å². The van der Waals surface area contributed by atoms with E-state index >= 15 is 0 Å². The third kappa shape index (κ3) is 4.86. The van der Waals surface area contributed by atoms with Crippen LogP contribution in [-0.4, -0.2) is 12.3 Å². The van der Waals surface area contributed by atoms with Crippen molar-refractivity contribution in [2.24, 2.45) is 11.8 Å². The summed E-state index contributed by atoms with van der Waals surface area (Å²) in [6.07, 6.45) is 12.3. The van der Waals surface area contributed by atoms with Gasteiger partial charge >= 0.3 is 0 Å². The van der Waals surface area contributed by atoms with E-state index in [2.05, 4.69) is 6.07 Å². The van der Waals surface area contributed by atoms with Crippen molar-refractivity contribution in [1.29, 1.82) is 0 Å². The fourth-order valence-corrected chi connectivity index (χ4v) is 5.78. The van der Waals surface area contributed by atoms with Gasteiger partial charge in [-0.3, -0.25) is 0 Å². The number of halogens is 3. The highest BCUT2D eigenvalue weighted by Crippen LogP contribution is 2.41. The maximum Gasteiger partial charge on any atom is 0.157 e. The molecule has 2 unspecified atom stereocenters. The fourth-order valence-electron chi connectivity index (χ4n) is 5.78. The van der Waals surface area contributed by atoms with Crippen molar-refractivity contribution in [2.75, 3.05) is 0 Å². The minimum atomic E-state index is -1.46. The van der Waals surface area contributed by atoms with Gasteiger partial charge in [0.15, 0.2) is 12.3 Å². The summed E-state index contributed by atoms with van der Waals surface area (Å²) in [6.45, 7) is 1.80. The molecule has 30 heavy (non-hydrogen) atoms. The van der Waals surface area contributed by atoms with Gasteiger partial charge in [0.1, 0.15) is 5.82 Å². The van der Waals surface area contributed by atoms with Crippen LogP contribution >= 0.6 is 0 Å². The standard InChI is InChI=1S/C27H35F3/c1-18-7-11-23(17-25(18)28)20-12-8-19(9-13-20)10-14-22-15-16-24(27(30)26(22)29)21-5-3-2-4-6-21/h7,11,15-17,19-21,26-27H,2-6,8-10,12-14H2,1H3. The van der Waals surface area contributed by atoms with E-state index in [1.165, 1.54) is 6.42 Å². The van der Waals surface area contributed by atoms with Gasteiger partial charge in [0.05, 0.1) is 0 Å². The third-order valence-corrected chi connectivity index (χ3v) is 7.85. The number of allylic oxidation sites excluding steroid dienone is 4. The van der Waals surface area contributed by atoms with Crippen molar-refractivity contribution < 1.29 is 13.2 Å². The molecule has 0 bridgehead atoms. The van der Waals surface area contributed by atoms with Gasteiger partial charge in [0.25, 0.3) is 0 Å². The lowest BCUT2D eigenvalue weighted by atomic mass is 9.75. The summed E-state index contributed by atoms with van der Waals surface area (Å²) in [5.41, 5.74) is 3.15. The molecule has 2 fully saturated rings. The first kappa shape index (κ1) is 21.7. The first-order valence-electron chi connectivity index (χ1n) is 12.0. The second-order valence-electron chi connectivity index (χ2n) is 9.81. The minimum Gasteiger partial charge on any atom is -0.239 e. The topological polar surface area (TPSA) is 0 Å². The van der Waals surface area contributed by atoms with E-state index in [-0.39, 0.29) is 11.7 Å². The molecule has 4 rings (SSSR count). The van der Waals surface area contributed by atoms with Gasteiger partial charge in [-0.05, 0) is 104 Å². The minimum absolute atomic E-state index is 0.116. The molecule has 0 radical (unpaired) electrons. The second kappa shape index (κ2) is 9.75. The van der Waals surface area contributed by atoms with Crippen LogP contribution in [0.2, 0.25) is 0 Å². The number of hydrogen-bond donors (Lipinski definition) is 0. The normalized spacial score (nSPS) is 30.7. The Morgan fingerprint density at radius 1 is 0.833 bits per heavy atom. The van der Waals surface area contributed by atoms with Crippen LogP contribution in [0.4, 0.5) is 13.2 Å². The zero-order valence-corrected chi connectivity index (χ0v) is 18.2. The van der Waals surface area contributed by atoms with Crippen molar-refractivity contribution >= 4 is 0 Å². The van der Waals surface area contributed by atoms with Crippen LogP contribution in [0.3, 0.4) is 0 Å². The lowest BCUT2D eigenvalue weighted by Gasteiger charge is -2.32. The molecule has 3 aliphatic carbocycles. The van der Waals surface area contributed by atoms with E-state index in [4.69, 9.17) is 0 Å². The van der Waals surface area contributed by atoms with Crippen LogP contribution in [0.1, 0.15) is 87.7 Å². The predicted octanol–water partition coefficient (Wildman–Crippen LogP) is 8.31. The average Bonchev–Trinajstić information content (AvgIpc) is 2.78. The summed E-state index contributed by atoms with van der Waals surface area (Å²) in [4.78, 5) is 0. The SMILES string of the molecule is Cc1ccc(C2CCC(CCC3=CC=C(C4CCCCC4)C(F)C3F)CC2)cc1F. The maximum absolute atomic E-state index is 14.8. The lowest BCUT2D eigenvalue weighted by molar-refractivity contribution is 0.195. The summed E-state index contributed by atoms with van der Waals surface area (Å²) < 4.78 is 43.5. The van der Waals surface area contributed by atoms with E-state index in [1.54, 1.807) is 13.0 Å². The quantitative estimate of drug-likeness (QED) is 0.453. The van der Waals surface area contributed by atoms with E-state index < -0.39 is 12.3 Å². The Labute approximate surface area is 179 Å². The van der Waals surface area contributed by atoms with E-state index in [0.29, 0.717) is 35.0 Å². The molecule has 3 heteroatoms. The largest absolute Gasteiger partial charge is 0.239 e. The molecule has 1 aromatic rings. The molecular weight excluding hydrogens is 381 g/mol. The highest BCUT2D eigenvalue weighted by Gasteiger charge is 2.35. The van der Waals surface area contributed by atoms with Crippen LogP contribution in [-0.2, 0) is 0 Å². The van der Waals surface area contributed by atoms with Crippen molar-refractivity contribution in [3.05, 3.63) is 58.4 Å². The summed E-state index contributed by atoms with van der Waals surface area (Å²) in [6, 6.07) is 5.62. The first-order chi connectivity index (χ1) is 14.5. The van der Waals surface area contributed by atoms with Gasteiger partial charge in [0, 0.05) is 0 Å². The van der Waals surface area contributed by atoms with Gasteiger partial charge in [-0.1, -0.05) is 43.5 Å². The predicted molar refractivity (Wildman–Crippen MR) is 118 cm³/mol. The molecule has 0 spiro atoms. The molecule has 0 heterocycles. The zero-order chi connectivity index (χ0) is 21.1. The average molecular weight is 417 g/mol. The molecule has 3 aliphatic rings. The Morgan fingerprint density at radius 2 is 1.57 bits per heavy atom. The molecule has 0 N–H and O–H groups in total. The Balaban J connectivity index is 1.29. The number of alkyl halides is 2. The van der Waals surface area contributed by atoms with Crippen molar-refractivity contribution in [2.45, 2.75) is 95.8 Å². The highest BCUT2D eigenvalue weighted by atomic mass is 19.2. The van der Waals surface area contributed by atoms with Gasteiger partial charge in [-0.2, -0.15) is 0 Å². The van der Waals surface area contributed by atoms with Gasteiger partial charge in [-0.25, -0.2) is 13.2 Å². The van der Waals surface area contributed by atoms with Crippen molar-refractivity contribution in [3.63, 3.8) is 0 Å². The van der Waals surface area contributed by atoms with Crippen molar-refractivity contribution in [1.82, 2.24) is 0 Å². The molecule has 0 aromatic heterocycles. The molecule has 0 aliphatic heterocycles.